The first kappa shape index (κ1) is 13.1. The summed E-state index contributed by atoms with van der Waals surface area (Å²) < 4.78 is 2.12. The van der Waals surface area contributed by atoms with Crippen LogP contribution in [0.25, 0.3) is 0 Å². The topological polar surface area (TPSA) is 58.4 Å². The molecule has 2 aliphatic rings. The highest BCUT2D eigenvalue weighted by molar-refractivity contribution is 5.80. The molecule has 1 atom stereocenters. The van der Waals surface area contributed by atoms with E-state index in [4.69, 9.17) is 0 Å². The molecule has 0 aliphatic carbocycles. The first-order valence-electron chi connectivity index (χ1n) is 7.18. The van der Waals surface area contributed by atoms with Gasteiger partial charge >= 0.3 is 0 Å². The lowest BCUT2D eigenvalue weighted by molar-refractivity contribution is -0.141. The van der Waals surface area contributed by atoms with Crippen molar-refractivity contribution in [3.8, 4) is 0 Å². The Kier molecular flexibility index (Phi) is 3.46. The Hall–Kier alpha value is -1.85. The van der Waals surface area contributed by atoms with Gasteiger partial charge in [0.1, 0.15) is 0 Å². The Morgan fingerprint density at radius 1 is 1.15 bits per heavy atom. The van der Waals surface area contributed by atoms with Gasteiger partial charge in [-0.2, -0.15) is 0 Å². The first-order chi connectivity index (χ1) is 9.65. The van der Waals surface area contributed by atoms with E-state index in [2.05, 4.69) is 9.55 Å². The third-order valence-corrected chi connectivity index (χ3v) is 4.36. The van der Waals surface area contributed by atoms with Crippen molar-refractivity contribution in [1.82, 2.24) is 19.4 Å². The van der Waals surface area contributed by atoms with E-state index in [0.29, 0.717) is 26.2 Å². The summed E-state index contributed by atoms with van der Waals surface area (Å²) in [5.41, 5.74) is 1.15. The molecular formula is C14H20N4O2. The number of amides is 2. The Bertz CT molecular complexity index is 517. The van der Waals surface area contributed by atoms with Gasteiger partial charge in [0.2, 0.25) is 11.8 Å². The second-order valence-electron chi connectivity index (χ2n) is 5.60. The lowest BCUT2D eigenvalue weighted by atomic mass is 9.94. The Morgan fingerprint density at radius 2 is 1.85 bits per heavy atom. The number of aromatic nitrogens is 2. The van der Waals surface area contributed by atoms with Crippen molar-refractivity contribution in [1.29, 1.82) is 0 Å². The van der Waals surface area contributed by atoms with Gasteiger partial charge in [0.05, 0.1) is 6.33 Å². The average Bonchev–Trinajstić information content (AvgIpc) is 2.94. The van der Waals surface area contributed by atoms with Crippen LogP contribution >= 0.6 is 0 Å². The maximum atomic E-state index is 12.6. The van der Waals surface area contributed by atoms with Gasteiger partial charge in [0.25, 0.3) is 0 Å². The number of hydrogen-bond acceptors (Lipinski definition) is 3. The minimum absolute atomic E-state index is 0.0723. The number of nitrogens with zero attached hydrogens (tertiary/aromatic N) is 4. The molecule has 6 nitrogen and oxygen atoms in total. The number of piperazine rings is 1. The fraction of sp³-hybridized carbons (Fsp3) is 0.643. The molecule has 20 heavy (non-hydrogen) atoms. The molecule has 2 amide bonds. The largest absolute Gasteiger partial charge is 0.339 e. The number of rotatable bonds is 1. The minimum atomic E-state index is 0.0723. The SMILES string of the molecule is CC(=O)N1CCN(C(=O)C2CCn3cncc3C2)CC1. The smallest absolute Gasteiger partial charge is 0.226 e. The van der Waals surface area contributed by atoms with Crippen LogP contribution in [0.5, 0.6) is 0 Å². The number of imidazole rings is 1. The van der Waals surface area contributed by atoms with Gasteiger partial charge in [0.15, 0.2) is 0 Å². The molecule has 1 unspecified atom stereocenters. The van der Waals surface area contributed by atoms with Crippen LogP contribution in [-0.4, -0.2) is 57.3 Å². The molecule has 1 aromatic heterocycles. The van der Waals surface area contributed by atoms with Crippen molar-refractivity contribution in [2.24, 2.45) is 5.92 Å². The molecule has 0 saturated carbocycles. The van der Waals surface area contributed by atoms with E-state index >= 15 is 0 Å². The zero-order valence-corrected chi connectivity index (χ0v) is 11.8. The predicted octanol–water partition coefficient (Wildman–Crippen LogP) is 0.136. The number of fused-ring (bicyclic) bond motifs is 1. The summed E-state index contributed by atoms with van der Waals surface area (Å²) in [5.74, 6) is 0.405. The zero-order valence-electron chi connectivity index (χ0n) is 11.8. The van der Waals surface area contributed by atoms with E-state index in [1.165, 1.54) is 0 Å². The summed E-state index contributed by atoms with van der Waals surface area (Å²) >= 11 is 0. The Labute approximate surface area is 118 Å². The molecule has 108 valence electrons. The molecular weight excluding hydrogens is 256 g/mol. The van der Waals surface area contributed by atoms with Gasteiger partial charge in [-0.3, -0.25) is 9.59 Å². The number of aryl methyl sites for hydroxylation is 1. The zero-order chi connectivity index (χ0) is 14.1. The van der Waals surface area contributed by atoms with Crippen LogP contribution in [-0.2, 0) is 22.6 Å². The van der Waals surface area contributed by atoms with E-state index in [9.17, 15) is 9.59 Å². The molecule has 1 aromatic rings. The number of carbonyl (C=O) groups excluding carboxylic acids is 2. The molecule has 0 aromatic carbocycles. The van der Waals surface area contributed by atoms with Crippen LogP contribution in [0, 0.1) is 5.92 Å². The van der Waals surface area contributed by atoms with Crippen molar-refractivity contribution < 1.29 is 9.59 Å². The molecule has 3 heterocycles. The van der Waals surface area contributed by atoms with E-state index in [0.717, 1.165) is 25.1 Å². The predicted molar refractivity (Wildman–Crippen MR) is 72.9 cm³/mol. The molecule has 0 spiro atoms. The monoisotopic (exact) mass is 276 g/mol. The molecule has 0 N–H and O–H groups in total. The summed E-state index contributed by atoms with van der Waals surface area (Å²) in [6, 6.07) is 0. The van der Waals surface area contributed by atoms with E-state index in [1.54, 1.807) is 11.8 Å². The van der Waals surface area contributed by atoms with Gasteiger partial charge in [-0.1, -0.05) is 0 Å². The summed E-state index contributed by atoms with van der Waals surface area (Å²) in [4.78, 5) is 31.7. The Morgan fingerprint density at radius 3 is 2.55 bits per heavy atom. The summed E-state index contributed by atoms with van der Waals surface area (Å²) in [7, 11) is 0. The van der Waals surface area contributed by atoms with Crippen LogP contribution < -0.4 is 0 Å². The van der Waals surface area contributed by atoms with Crippen molar-refractivity contribution in [2.75, 3.05) is 26.2 Å². The van der Waals surface area contributed by atoms with Crippen molar-refractivity contribution in [3.63, 3.8) is 0 Å². The van der Waals surface area contributed by atoms with Gasteiger partial charge in [0, 0.05) is 63.9 Å². The highest BCUT2D eigenvalue weighted by atomic mass is 16.2. The van der Waals surface area contributed by atoms with Crippen LogP contribution in [0.2, 0.25) is 0 Å². The maximum absolute atomic E-state index is 12.6. The summed E-state index contributed by atoms with van der Waals surface area (Å²) in [5, 5.41) is 0. The quantitative estimate of drug-likeness (QED) is 0.733. The molecule has 1 saturated heterocycles. The number of carbonyl (C=O) groups is 2. The van der Waals surface area contributed by atoms with Gasteiger partial charge in [-0.25, -0.2) is 4.98 Å². The van der Waals surface area contributed by atoms with Gasteiger partial charge < -0.3 is 14.4 Å². The van der Waals surface area contributed by atoms with Crippen molar-refractivity contribution in [3.05, 3.63) is 18.2 Å². The highest BCUT2D eigenvalue weighted by Crippen LogP contribution is 2.22. The molecule has 0 radical (unpaired) electrons. The fourth-order valence-electron chi connectivity index (χ4n) is 3.08. The summed E-state index contributed by atoms with van der Waals surface area (Å²) in [6.45, 7) is 5.10. The van der Waals surface area contributed by atoms with Crippen molar-refractivity contribution >= 4 is 11.8 Å². The number of hydrogen-bond donors (Lipinski definition) is 0. The second kappa shape index (κ2) is 5.26. The normalized spacial score (nSPS) is 22.6. The standard InChI is InChI=1S/C14H20N4O2/c1-11(19)16-4-6-17(7-5-16)14(20)12-2-3-18-10-15-9-13(18)8-12/h9-10,12H,2-8H2,1H3. The highest BCUT2D eigenvalue weighted by Gasteiger charge is 2.30. The second-order valence-corrected chi connectivity index (χ2v) is 5.60. The molecule has 1 fully saturated rings. The lowest BCUT2D eigenvalue weighted by Gasteiger charge is -2.36. The Balaban J connectivity index is 1.59. The molecule has 6 heteroatoms. The van der Waals surface area contributed by atoms with Crippen LogP contribution in [0.4, 0.5) is 0 Å². The minimum Gasteiger partial charge on any atom is -0.339 e. The lowest BCUT2D eigenvalue weighted by Crippen LogP contribution is -2.52. The first-order valence-corrected chi connectivity index (χ1v) is 7.18. The van der Waals surface area contributed by atoms with E-state index in [1.807, 2.05) is 17.4 Å². The van der Waals surface area contributed by atoms with E-state index in [-0.39, 0.29) is 17.7 Å². The van der Waals surface area contributed by atoms with Crippen molar-refractivity contribution in [2.45, 2.75) is 26.3 Å². The third kappa shape index (κ3) is 2.42. The average molecular weight is 276 g/mol. The van der Waals surface area contributed by atoms with E-state index < -0.39 is 0 Å². The van der Waals surface area contributed by atoms with Crippen LogP contribution in [0.15, 0.2) is 12.5 Å². The van der Waals surface area contributed by atoms with Gasteiger partial charge in [-0.15, -0.1) is 0 Å². The van der Waals surface area contributed by atoms with Crippen LogP contribution in [0.3, 0.4) is 0 Å². The third-order valence-electron chi connectivity index (χ3n) is 4.36. The van der Waals surface area contributed by atoms with Crippen LogP contribution in [0.1, 0.15) is 19.0 Å². The maximum Gasteiger partial charge on any atom is 0.226 e. The molecule has 0 bridgehead atoms. The molecule has 2 aliphatic heterocycles. The van der Waals surface area contributed by atoms with Gasteiger partial charge in [-0.05, 0) is 6.42 Å². The molecule has 3 rings (SSSR count). The fourth-order valence-corrected chi connectivity index (χ4v) is 3.08. The summed E-state index contributed by atoms with van der Waals surface area (Å²) in [6.07, 6.45) is 5.36.